The van der Waals surface area contributed by atoms with Gasteiger partial charge in [-0.3, -0.25) is 9.59 Å². The molecule has 0 unspecified atom stereocenters. The van der Waals surface area contributed by atoms with Crippen LogP contribution in [-0.2, 0) is 46.6 Å². The predicted molar refractivity (Wildman–Crippen MR) is 164 cm³/mol. The smallest absolute Gasteiger partial charge is 0.325 e. The van der Waals surface area contributed by atoms with E-state index in [2.05, 4.69) is 30.3 Å². The zero-order chi connectivity index (χ0) is 29.1. The topological polar surface area (TPSA) is 51.5 Å². The van der Waals surface area contributed by atoms with E-state index in [1.54, 1.807) is 19.1 Å². The maximum Gasteiger partial charge on any atom is 0.325 e. The molecule has 42 heavy (non-hydrogen) atoms. The van der Waals surface area contributed by atoms with Gasteiger partial charge in [0.2, 0.25) is 5.91 Å². The van der Waals surface area contributed by atoms with Crippen molar-refractivity contribution in [1.82, 2.24) is 9.47 Å². The van der Waals surface area contributed by atoms with Crippen LogP contribution in [0.4, 0.5) is 4.39 Å². The monoisotopic (exact) mass is 562 g/mol. The highest BCUT2D eigenvalue weighted by molar-refractivity contribution is 5.91. The number of carbonyl (C=O) groups is 2. The summed E-state index contributed by atoms with van der Waals surface area (Å²) >= 11 is 0. The van der Waals surface area contributed by atoms with Gasteiger partial charge in [0, 0.05) is 29.2 Å². The Kier molecular flexibility index (Phi) is 8.04. The lowest BCUT2D eigenvalue weighted by Gasteiger charge is -2.35. The van der Waals surface area contributed by atoms with Crippen LogP contribution in [0, 0.1) is 5.82 Å². The summed E-state index contributed by atoms with van der Waals surface area (Å²) in [5.74, 6) is -0.524. The van der Waals surface area contributed by atoms with E-state index in [-0.39, 0.29) is 30.3 Å². The number of hydrogen-bond donors (Lipinski definition) is 0. The standard InChI is InChI=1S/C36H35FN2O3/c1-2-42-36(41)24-39-33-17-15-28(37)22-31(33)32-23-29(16-18-34(32)39)38(20-19-25-9-4-3-5-10-25)35(40)21-27-13-8-12-26-11-6-7-14-30(26)27/h3-15,17,22,29H,2,16,18-21,23-24H2,1H3/t29-/m0/s1. The molecule has 0 N–H and O–H groups in total. The summed E-state index contributed by atoms with van der Waals surface area (Å²) in [5.41, 5.74) is 5.09. The fourth-order valence-corrected chi connectivity index (χ4v) is 6.50. The molecule has 6 rings (SSSR count). The highest BCUT2D eigenvalue weighted by atomic mass is 19.1. The molecular weight excluding hydrogens is 527 g/mol. The number of aromatic nitrogens is 1. The fourth-order valence-electron chi connectivity index (χ4n) is 6.50. The van der Waals surface area contributed by atoms with Gasteiger partial charge in [-0.05, 0) is 78.3 Å². The number of nitrogens with zero attached hydrogens (tertiary/aromatic N) is 2. The number of rotatable bonds is 9. The van der Waals surface area contributed by atoms with E-state index in [9.17, 15) is 14.0 Å². The summed E-state index contributed by atoms with van der Waals surface area (Å²) in [7, 11) is 0. The first-order valence-corrected chi connectivity index (χ1v) is 14.8. The summed E-state index contributed by atoms with van der Waals surface area (Å²) in [4.78, 5) is 28.7. The Balaban J connectivity index is 1.33. The lowest BCUT2D eigenvalue weighted by atomic mass is 9.89. The van der Waals surface area contributed by atoms with Crippen LogP contribution in [0.25, 0.3) is 21.7 Å². The molecule has 214 valence electrons. The van der Waals surface area contributed by atoms with Gasteiger partial charge in [-0.1, -0.05) is 72.8 Å². The van der Waals surface area contributed by atoms with E-state index in [4.69, 9.17) is 4.74 Å². The van der Waals surface area contributed by atoms with Crippen molar-refractivity contribution in [3.8, 4) is 0 Å². The molecule has 6 heteroatoms. The molecule has 1 aliphatic rings. The third kappa shape index (κ3) is 5.67. The first-order valence-electron chi connectivity index (χ1n) is 14.8. The summed E-state index contributed by atoms with van der Waals surface area (Å²) in [5, 5.41) is 3.03. The van der Waals surface area contributed by atoms with Gasteiger partial charge >= 0.3 is 5.97 Å². The molecule has 5 nitrogen and oxygen atoms in total. The minimum atomic E-state index is -0.311. The van der Waals surface area contributed by atoms with E-state index in [0.29, 0.717) is 32.4 Å². The van der Waals surface area contributed by atoms with E-state index in [0.717, 1.165) is 51.3 Å². The maximum absolute atomic E-state index is 14.5. The molecule has 0 saturated heterocycles. The number of carbonyl (C=O) groups excluding carboxylic acids is 2. The fraction of sp³-hybridized carbons (Fsp3) is 0.278. The molecule has 0 radical (unpaired) electrons. The summed E-state index contributed by atoms with van der Waals surface area (Å²) in [6.45, 7) is 2.80. The van der Waals surface area contributed by atoms with Crippen molar-refractivity contribution in [2.45, 2.75) is 51.6 Å². The first kappa shape index (κ1) is 27.7. The zero-order valence-electron chi connectivity index (χ0n) is 23.9. The lowest BCUT2D eigenvalue weighted by Crippen LogP contribution is -2.45. The van der Waals surface area contributed by atoms with E-state index in [1.165, 1.54) is 11.6 Å². The number of benzene rings is 4. The Bertz CT molecular complexity index is 1740. The molecule has 4 aromatic carbocycles. The Morgan fingerprint density at radius 3 is 2.57 bits per heavy atom. The summed E-state index contributed by atoms with van der Waals surface area (Å²) in [6.07, 6.45) is 3.15. The maximum atomic E-state index is 14.5. The first-order chi connectivity index (χ1) is 20.5. The third-order valence-corrected chi connectivity index (χ3v) is 8.46. The Morgan fingerprint density at radius 2 is 1.74 bits per heavy atom. The average Bonchev–Trinajstić information content (AvgIpc) is 3.29. The van der Waals surface area contributed by atoms with Crippen LogP contribution in [0.3, 0.4) is 0 Å². The molecule has 0 spiro atoms. The lowest BCUT2D eigenvalue weighted by molar-refractivity contribution is -0.143. The molecule has 5 aromatic rings. The molecule has 0 aliphatic heterocycles. The van der Waals surface area contributed by atoms with Crippen LogP contribution in [0.2, 0.25) is 0 Å². The number of esters is 1. The van der Waals surface area contributed by atoms with Crippen LogP contribution in [-0.4, -0.2) is 40.5 Å². The predicted octanol–water partition coefficient (Wildman–Crippen LogP) is 6.67. The van der Waals surface area contributed by atoms with E-state index >= 15 is 0 Å². The minimum Gasteiger partial charge on any atom is -0.465 e. The van der Waals surface area contributed by atoms with Crippen molar-refractivity contribution >= 4 is 33.6 Å². The average molecular weight is 563 g/mol. The Labute approximate surface area is 245 Å². The number of halogens is 1. The molecular formula is C36H35FN2O3. The molecule has 0 bridgehead atoms. The molecule has 1 aromatic heterocycles. The molecule has 1 aliphatic carbocycles. The largest absolute Gasteiger partial charge is 0.465 e. The Morgan fingerprint density at radius 1 is 0.952 bits per heavy atom. The number of ether oxygens (including phenoxy) is 1. The zero-order valence-corrected chi connectivity index (χ0v) is 23.9. The van der Waals surface area contributed by atoms with E-state index < -0.39 is 0 Å². The minimum absolute atomic E-state index is 0.0337. The van der Waals surface area contributed by atoms with Gasteiger partial charge in [0.15, 0.2) is 0 Å². The number of fused-ring (bicyclic) bond motifs is 4. The van der Waals surface area contributed by atoms with Gasteiger partial charge in [-0.25, -0.2) is 4.39 Å². The molecule has 1 atom stereocenters. The van der Waals surface area contributed by atoms with Crippen LogP contribution in [0.15, 0.2) is 91.0 Å². The normalized spacial score (nSPS) is 14.6. The van der Waals surface area contributed by atoms with Crippen molar-refractivity contribution in [3.63, 3.8) is 0 Å². The van der Waals surface area contributed by atoms with Gasteiger partial charge in [-0.15, -0.1) is 0 Å². The third-order valence-electron chi connectivity index (χ3n) is 8.46. The van der Waals surface area contributed by atoms with Gasteiger partial charge < -0.3 is 14.2 Å². The summed E-state index contributed by atoms with van der Waals surface area (Å²) in [6, 6.07) is 29.3. The van der Waals surface area contributed by atoms with Crippen LogP contribution in [0.1, 0.15) is 35.7 Å². The number of amides is 1. The van der Waals surface area contributed by atoms with Gasteiger partial charge in [-0.2, -0.15) is 0 Å². The molecule has 0 fully saturated rings. The van der Waals surface area contributed by atoms with Gasteiger partial charge in [0.1, 0.15) is 12.4 Å². The molecule has 1 heterocycles. The van der Waals surface area contributed by atoms with Crippen LogP contribution < -0.4 is 0 Å². The van der Waals surface area contributed by atoms with Crippen molar-refractivity contribution in [3.05, 3.63) is 119 Å². The highest BCUT2D eigenvalue weighted by Gasteiger charge is 2.32. The summed E-state index contributed by atoms with van der Waals surface area (Å²) < 4.78 is 21.7. The molecule has 1 amide bonds. The van der Waals surface area contributed by atoms with Crippen molar-refractivity contribution < 1.29 is 18.7 Å². The van der Waals surface area contributed by atoms with Crippen molar-refractivity contribution in [2.75, 3.05) is 13.2 Å². The van der Waals surface area contributed by atoms with Gasteiger partial charge in [0.05, 0.1) is 13.0 Å². The second-order valence-electron chi connectivity index (χ2n) is 11.0. The van der Waals surface area contributed by atoms with Crippen molar-refractivity contribution in [2.24, 2.45) is 0 Å². The SMILES string of the molecule is CCOC(=O)Cn1c2c(c3cc(F)ccc31)C[C@@H](N(CCc1ccccc1)C(=O)Cc1cccc3ccccc13)CC2. The molecule has 0 saturated carbocycles. The van der Waals surface area contributed by atoms with E-state index in [1.807, 2.05) is 51.9 Å². The second-order valence-corrected chi connectivity index (χ2v) is 11.0. The van der Waals surface area contributed by atoms with Crippen LogP contribution in [0.5, 0.6) is 0 Å². The Hall–Kier alpha value is -4.45. The number of hydrogen-bond acceptors (Lipinski definition) is 3. The van der Waals surface area contributed by atoms with Crippen molar-refractivity contribution in [1.29, 1.82) is 0 Å². The quantitative estimate of drug-likeness (QED) is 0.189. The highest BCUT2D eigenvalue weighted by Crippen LogP contribution is 2.35. The van der Waals surface area contributed by atoms with Gasteiger partial charge in [0.25, 0.3) is 0 Å². The second kappa shape index (κ2) is 12.2. The van der Waals surface area contributed by atoms with Crippen LogP contribution >= 0.6 is 0 Å².